The Kier molecular flexibility index (Phi) is 6.24. The molecule has 1 fully saturated rings. The topological polar surface area (TPSA) is 70.5 Å². The maximum absolute atomic E-state index is 12.7. The molecule has 0 unspecified atom stereocenters. The number of amides is 3. The highest BCUT2D eigenvalue weighted by Crippen LogP contribution is 2.18. The van der Waals surface area contributed by atoms with Crippen molar-refractivity contribution in [2.45, 2.75) is 32.4 Å². The van der Waals surface area contributed by atoms with Crippen molar-refractivity contribution in [1.82, 2.24) is 24.7 Å². The first kappa shape index (κ1) is 20.2. The zero-order valence-electron chi connectivity index (χ0n) is 16.5. The predicted molar refractivity (Wildman–Crippen MR) is 108 cm³/mol. The Balaban J connectivity index is 1.57. The van der Waals surface area contributed by atoms with Crippen molar-refractivity contribution in [3.8, 4) is 0 Å². The number of carbonyl (C=O) groups is 2. The average Bonchev–Trinajstić information content (AvgIpc) is 3.13. The fourth-order valence-corrected chi connectivity index (χ4v) is 3.57. The number of likely N-dealkylation sites (N-methyl/N-ethyl adjacent to an activating group) is 1. The van der Waals surface area contributed by atoms with Crippen LogP contribution in [0.15, 0.2) is 30.6 Å². The Morgan fingerprint density at radius 1 is 1.39 bits per heavy atom. The third-order valence-electron chi connectivity index (χ3n) is 5.23. The molecule has 0 radical (unpaired) electrons. The highest BCUT2D eigenvalue weighted by Gasteiger charge is 2.30. The molecule has 3 rings (SSSR count). The number of aromatic nitrogens is 2. The van der Waals surface area contributed by atoms with E-state index < -0.39 is 0 Å². The van der Waals surface area contributed by atoms with E-state index in [1.54, 1.807) is 40.9 Å². The number of urea groups is 1. The zero-order chi connectivity index (χ0) is 20.3. The molecule has 0 saturated carbocycles. The first-order valence-corrected chi connectivity index (χ1v) is 9.77. The van der Waals surface area contributed by atoms with Crippen LogP contribution in [0.25, 0.3) is 0 Å². The van der Waals surface area contributed by atoms with Crippen LogP contribution in [0, 0.1) is 6.92 Å². The Bertz CT molecular complexity index is 866. The van der Waals surface area contributed by atoms with E-state index in [0.29, 0.717) is 30.5 Å². The largest absolute Gasteiger partial charge is 0.334 e. The van der Waals surface area contributed by atoms with Crippen molar-refractivity contribution < 1.29 is 9.59 Å². The number of hydrogen-bond acceptors (Lipinski definition) is 3. The molecule has 2 aromatic rings. The fraction of sp³-hybridized carbons (Fsp3) is 0.450. The van der Waals surface area contributed by atoms with Crippen molar-refractivity contribution in [1.29, 1.82) is 0 Å². The molecule has 0 aliphatic carbocycles. The molecule has 1 N–H and O–H groups in total. The normalized spacial score (nSPS) is 16.7. The molecule has 0 spiro atoms. The summed E-state index contributed by atoms with van der Waals surface area (Å²) in [6.45, 7) is 3.57. The molecule has 2 heterocycles. The molecule has 1 aromatic heterocycles. The van der Waals surface area contributed by atoms with Crippen LogP contribution in [-0.2, 0) is 13.6 Å². The van der Waals surface area contributed by atoms with Crippen LogP contribution in [0.3, 0.4) is 0 Å². The van der Waals surface area contributed by atoms with Gasteiger partial charge in [0.05, 0.1) is 6.04 Å². The van der Waals surface area contributed by atoms with Gasteiger partial charge in [0.25, 0.3) is 5.91 Å². The van der Waals surface area contributed by atoms with E-state index in [4.69, 9.17) is 11.6 Å². The first-order chi connectivity index (χ1) is 13.4. The lowest BCUT2D eigenvalue weighted by Gasteiger charge is -2.37. The molecular formula is C20H26ClN5O2. The average molecular weight is 404 g/mol. The second kappa shape index (κ2) is 8.65. The number of imidazole rings is 1. The molecule has 7 nitrogen and oxygen atoms in total. The Hall–Kier alpha value is -2.54. The lowest BCUT2D eigenvalue weighted by molar-refractivity contribution is 0.0621. The van der Waals surface area contributed by atoms with Gasteiger partial charge >= 0.3 is 6.03 Å². The minimum absolute atomic E-state index is 0.0232. The second-order valence-corrected chi connectivity index (χ2v) is 7.67. The van der Waals surface area contributed by atoms with E-state index in [2.05, 4.69) is 10.3 Å². The van der Waals surface area contributed by atoms with E-state index in [9.17, 15) is 9.59 Å². The molecule has 1 aromatic carbocycles. The van der Waals surface area contributed by atoms with Gasteiger partial charge in [0.15, 0.2) is 5.82 Å². The van der Waals surface area contributed by atoms with Gasteiger partial charge in [0.1, 0.15) is 0 Å². The molecule has 3 amide bonds. The standard InChI is InChI=1S/C20H26ClN5O2/c1-14-11-15(6-7-17(14)21)12-23-20(28)25(3)16-5-4-9-26(13-16)19(27)18-22-8-10-24(18)2/h6-8,10-11,16H,4-5,9,12-13H2,1-3H3,(H,23,28)/t16-/m1/s1. The van der Waals surface area contributed by atoms with Crippen molar-refractivity contribution in [2.24, 2.45) is 7.05 Å². The van der Waals surface area contributed by atoms with Gasteiger partial charge in [-0.05, 0) is 37.0 Å². The van der Waals surface area contributed by atoms with Crippen LogP contribution in [0.2, 0.25) is 5.02 Å². The Morgan fingerprint density at radius 2 is 2.18 bits per heavy atom. The van der Waals surface area contributed by atoms with Gasteiger partial charge in [-0.3, -0.25) is 4.79 Å². The van der Waals surface area contributed by atoms with Gasteiger partial charge in [-0.25, -0.2) is 9.78 Å². The number of nitrogens with one attached hydrogen (secondary N) is 1. The van der Waals surface area contributed by atoms with Crippen LogP contribution in [0.1, 0.15) is 34.6 Å². The number of aryl methyl sites for hydroxylation is 2. The monoisotopic (exact) mass is 403 g/mol. The summed E-state index contributed by atoms with van der Waals surface area (Å²) in [5.74, 6) is 0.327. The number of likely N-dealkylation sites (tertiary alicyclic amines) is 1. The third-order valence-corrected chi connectivity index (χ3v) is 5.65. The number of halogens is 1. The van der Waals surface area contributed by atoms with E-state index in [0.717, 1.165) is 24.0 Å². The molecule has 1 saturated heterocycles. The summed E-state index contributed by atoms with van der Waals surface area (Å²) in [5.41, 5.74) is 1.98. The summed E-state index contributed by atoms with van der Waals surface area (Å²) in [7, 11) is 3.58. The molecule has 28 heavy (non-hydrogen) atoms. The van der Waals surface area contributed by atoms with Crippen molar-refractivity contribution >= 4 is 23.5 Å². The van der Waals surface area contributed by atoms with Crippen LogP contribution >= 0.6 is 11.6 Å². The van der Waals surface area contributed by atoms with Crippen LogP contribution < -0.4 is 5.32 Å². The highest BCUT2D eigenvalue weighted by atomic mass is 35.5. The smallest absolute Gasteiger partial charge is 0.317 e. The summed E-state index contributed by atoms with van der Waals surface area (Å²) < 4.78 is 1.72. The predicted octanol–water partition coefficient (Wildman–Crippen LogP) is 2.83. The number of nitrogens with zero attached hydrogens (tertiary/aromatic N) is 4. The molecule has 150 valence electrons. The maximum Gasteiger partial charge on any atom is 0.317 e. The van der Waals surface area contributed by atoms with Crippen LogP contribution in [0.5, 0.6) is 0 Å². The maximum atomic E-state index is 12.7. The Labute approximate surface area is 170 Å². The minimum atomic E-state index is -0.149. The number of benzene rings is 1. The molecule has 1 atom stereocenters. The number of carbonyl (C=O) groups excluding carboxylic acids is 2. The quantitative estimate of drug-likeness (QED) is 0.853. The summed E-state index contributed by atoms with van der Waals surface area (Å²) in [5, 5.41) is 3.66. The number of hydrogen-bond donors (Lipinski definition) is 1. The van der Waals surface area contributed by atoms with Crippen LogP contribution in [0.4, 0.5) is 4.79 Å². The van der Waals surface area contributed by atoms with Crippen molar-refractivity contribution in [3.63, 3.8) is 0 Å². The van der Waals surface area contributed by atoms with Crippen molar-refractivity contribution in [2.75, 3.05) is 20.1 Å². The van der Waals surface area contributed by atoms with Gasteiger partial charge < -0.3 is 19.7 Å². The van der Waals surface area contributed by atoms with Gasteiger partial charge in [0.2, 0.25) is 0 Å². The van der Waals surface area contributed by atoms with E-state index in [1.165, 1.54) is 0 Å². The van der Waals surface area contributed by atoms with Crippen LogP contribution in [-0.4, -0.2) is 57.5 Å². The first-order valence-electron chi connectivity index (χ1n) is 9.39. The molecular weight excluding hydrogens is 378 g/mol. The molecule has 8 heteroatoms. The van der Waals surface area contributed by atoms with Gasteiger partial charge in [0, 0.05) is 51.1 Å². The summed E-state index contributed by atoms with van der Waals surface area (Å²) in [6, 6.07) is 5.54. The molecule has 1 aliphatic heterocycles. The lowest BCUT2D eigenvalue weighted by atomic mass is 10.0. The summed E-state index contributed by atoms with van der Waals surface area (Å²) in [6.07, 6.45) is 5.10. The van der Waals surface area contributed by atoms with Crippen molar-refractivity contribution in [3.05, 3.63) is 52.6 Å². The van der Waals surface area contributed by atoms with Gasteiger partial charge in [-0.1, -0.05) is 23.7 Å². The fourth-order valence-electron chi connectivity index (χ4n) is 3.45. The third kappa shape index (κ3) is 4.47. The summed E-state index contributed by atoms with van der Waals surface area (Å²) in [4.78, 5) is 32.9. The minimum Gasteiger partial charge on any atom is -0.334 e. The highest BCUT2D eigenvalue weighted by molar-refractivity contribution is 6.31. The van der Waals surface area contributed by atoms with Gasteiger partial charge in [-0.15, -0.1) is 0 Å². The van der Waals surface area contributed by atoms with E-state index >= 15 is 0 Å². The number of piperidine rings is 1. The summed E-state index contributed by atoms with van der Waals surface area (Å²) >= 11 is 6.05. The SMILES string of the molecule is Cc1cc(CNC(=O)N(C)[C@@H]2CCCN(C(=O)c3nccn3C)C2)ccc1Cl. The number of rotatable bonds is 4. The van der Waals surface area contributed by atoms with Gasteiger partial charge in [-0.2, -0.15) is 0 Å². The van der Waals surface area contributed by atoms with E-state index in [-0.39, 0.29) is 18.0 Å². The Morgan fingerprint density at radius 3 is 2.86 bits per heavy atom. The lowest BCUT2D eigenvalue weighted by Crippen LogP contribution is -2.52. The molecule has 0 bridgehead atoms. The zero-order valence-corrected chi connectivity index (χ0v) is 17.2. The van der Waals surface area contributed by atoms with E-state index in [1.807, 2.05) is 25.1 Å². The second-order valence-electron chi connectivity index (χ2n) is 7.26. The molecule has 1 aliphatic rings.